The van der Waals surface area contributed by atoms with Crippen LogP contribution in [0.25, 0.3) is 0 Å². The number of hydrogen-bond acceptors (Lipinski definition) is 4. The maximum absolute atomic E-state index is 11.9. The van der Waals surface area contributed by atoms with Crippen LogP contribution in [0.5, 0.6) is 5.75 Å². The summed E-state index contributed by atoms with van der Waals surface area (Å²) < 4.78 is 7.27. The summed E-state index contributed by atoms with van der Waals surface area (Å²) in [6.07, 6.45) is 2.76. The van der Waals surface area contributed by atoms with Crippen LogP contribution in [0.15, 0.2) is 35.6 Å². The van der Waals surface area contributed by atoms with Gasteiger partial charge in [-0.2, -0.15) is 10.2 Å². The summed E-state index contributed by atoms with van der Waals surface area (Å²) in [5.41, 5.74) is 6.01. The Morgan fingerprint density at radius 1 is 1.39 bits per heavy atom. The van der Waals surface area contributed by atoms with E-state index in [0.717, 1.165) is 29.0 Å². The maximum Gasteiger partial charge on any atom is 0.277 e. The first-order chi connectivity index (χ1) is 11.0. The number of aryl methyl sites for hydroxylation is 3. The maximum atomic E-state index is 11.9. The minimum Gasteiger partial charge on any atom is -0.483 e. The molecule has 6 nitrogen and oxygen atoms in total. The normalized spacial score (nSPS) is 11.4. The van der Waals surface area contributed by atoms with Crippen molar-refractivity contribution in [3.8, 4) is 5.75 Å². The highest BCUT2D eigenvalue weighted by Gasteiger charge is 2.08. The minimum atomic E-state index is -0.302. The second-order valence-electron chi connectivity index (χ2n) is 5.32. The number of ether oxygens (including phenoxy) is 1. The van der Waals surface area contributed by atoms with E-state index in [-0.39, 0.29) is 12.5 Å². The highest BCUT2D eigenvalue weighted by molar-refractivity contribution is 5.98. The van der Waals surface area contributed by atoms with Crippen molar-refractivity contribution in [3.05, 3.63) is 47.3 Å². The fourth-order valence-electron chi connectivity index (χ4n) is 2.28. The van der Waals surface area contributed by atoms with Gasteiger partial charge in [-0.25, -0.2) is 5.43 Å². The van der Waals surface area contributed by atoms with Crippen LogP contribution in [-0.4, -0.2) is 28.0 Å². The summed E-state index contributed by atoms with van der Waals surface area (Å²) in [6, 6.07) is 7.68. The average Bonchev–Trinajstić information content (AvgIpc) is 2.89. The predicted octanol–water partition coefficient (Wildman–Crippen LogP) is 2.21. The Hall–Kier alpha value is -2.63. The Bertz CT molecular complexity index is 719. The van der Waals surface area contributed by atoms with Crippen molar-refractivity contribution in [2.75, 3.05) is 6.61 Å². The summed E-state index contributed by atoms with van der Waals surface area (Å²) in [6.45, 7) is 5.73. The van der Waals surface area contributed by atoms with Crippen LogP contribution in [0, 0.1) is 6.92 Å². The number of hydrogen-bond donors (Lipinski definition) is 1. The lowest BCUT2D eigenvalue weighted by atomic mass is 10.1. The van der Waals surface area contributed by atoms with Crippen molar-refractivity contribution in [1.29, 1.82) is 0 Å². The topological polar surface area (TPSA) is 68.5 Å². The van der Waals surface area contributed by atoms with E-state index in [9.17, 15) is 4.79 Å². The molecule has 0 atom stereocenters. The molecular weight excluding hydrogens is 292 g/mol. The van der Waals surface area contributed by atoms with Gasteiger partial charge in [0, 0.05) is 13.2 Å². The summed E-state index contributed by atoms with van der Waals surface area (Å²) in [4.78, 5) is 11.9. The van der Waals surface area contributed by atoms with E-state index in [2.05, 4.69) is 15.6 Å². The number of nitrogens with zero attached hydrogens (tertiary/aromatic N) is 3. The zero-order valence-electron chi connectivity index (χ0n) is 14.0. The van der Waals surface area contributed by atoms with Crippen LogP contribution in [0.3, 0.4) is 0 Å². The van der Waals surface area contributed by atoms with Crippen LogP contribution in [0.2, 0.25) is 0 Å². The van der Waals surface area contributed by atoms with Gasteiger partial charge in [0.25, 0.3) is 5.91 Å². The minimum absolute atomic E-state index is 0.0744. The van der Waals surface area contributed by atoms with E-state index in [1.807, 2.05) is 58.3 Å². The van der Waals surface area contributed by atoms with Crippen molar-refractivity contribution in [3.63, 3.8) is 0 Å². The summed E-state index contributed by atoms with van der Waals surface area (Å²) in [7, 11) is 1.85. The standard InChI is InChI=1S/C17H22N4O2/c1-5-14-8-6-7-9-15(14)23-11-16(22)19-18-13(3)17-12(2)10-21(4)20-17/h6-10H,5,11H2,1-4H3,(H,19,22)/b18-13-. The summed E-state index contributed by atoms with van der Waals surface area (Å²) in [5, 5.41) is 8.39. The van der Waals surface area contributed by atoms with E-state index >= 15 is 0 Å². The fraction of sp³-hybridized carbons (Fsp3) is 0.353. The van der Waals surface area contributed by atoms with Crippen molar-refractivity contribution in [2.45, 2.75) is 27.2 Å². The third-order valence-electron chi connectivity index (χ3n) is 3.42. The molecule has 1 heterocycles. The fourth-order valence-corrected chi connectivity index (χ4v) is 2.28. The average molecular weight is 314 g/mol. The van der Waals surface area contributed by atoms with Crippen LogP contribution in [-0.2, 0) is 18.3 Å². The largest absolute Gasteiger partial charge is 0.483 e. The van der Waals surface area contributed by atoms with Gasteiger partial charge in [0.1, 0.15) is 11.4 Å². The first-order valence-corrected chi connectivity index (χ1v) is 7.55. The lowest BCUT2D eigenvalue weighted by molar-refractivity contribution is -0.123. The Kier molecular flexibility index (Phi) is 5.51. The molecular formula is C17H22N4O2. The lowest BCUT2D eigenvalue weighted by Gasteiger charge is -2.09. The van der Waals surface area contributed by atoms with Crippen molar-refractivity contribution in [2.24, 2.45) is 12.1 Å². The van der Waals surface area contributed by atoms with Crippen LogP contribution >= 0.6 is 0 Å². The molecule has 0 spiro atoms. The van der Waals surface area contributed by atoms with E-state index in [1.165, 1.54) is 0 Å². The Morgan fingerprint density at radius 2 is 2.13 bits per heavy atom. The second-order valence-corrected chi connectivity index (χ2v) is 5.32. The van der Waals surface area contributed by atoms with Crippen molar-refractivity contribution in [1.82, 2.24) is 15.2 Å². The monoisotopic (exact) mass is 314 g/mol. The highest BCUT2D eigenvalue weighted by atomic mass is 16.5. The smallest absolute Gasteiger partial charge is 0.277 e. The van der Waals surface area contributed by atoms with E-state index < -0.39 is 0 Å². The molecule has 2 aromatic rings. The molecule has 1 N–H and O–H groups in total. The molecule has 1 amide bonds. The molecule has 0 saturated carbocycles. The molecule has 23 heavy (non-hydrogen) atoms. The van der Waals surface area contributed by atoms with Gasteiger partial charge in [0.15, 0.2) is 6.61 Å². The first-order valence-electron chi connectivity index (χ1n) is 7.55. The van der Waals surface area contributed by atoms with E-state index in [1.54, 1.807) is 4.68 Å². The Morgan fingerprint density at radius 3 is 2.78 bits per heavy atom. The molecule has 0 aliphatic rings. The molecule has 1 aromatic heterocycles. The molecule has 122 valence electrons. The van der Waals surface area contributed by atoms with E-state index in [4.69, 9.17) is 4.74 Å². The van der Waals surface area contributed by atoms with Gasteiger partial charge in [-0.15, -0.1) is 0 Å². The van der Waals surface area contributed by atoms with Gasteiger partial charge in [-0.1, -0.05) is 25.1 Å². The van der Waals surface area contributed by atoms with Crippen LogP contribution < -0.4 is 10.2 Å². The number of carbonyl (C=O) groups excluding carboxylic acids is 1. The second kappa shape index (κ2) is 7.58. The molecule has 0 aliphatic heterocycles. The van der Waals surface area contributed by atoms with Gasteiger partial charge in [0.2, 0.25) is 0 Å². The van der Waals surface area contributed by atoms with Crippen LogP contribution in [0.4, 0.5) is 0 Å². The molecule has 1 aromatic carbocycles. The molecule has 0 bridgehead atoms. The van der Waals surface area contributed by atoms with Gasteiger partial charge < -0.3 is 4.74 Å². The van der Waals surface area contributed by atoms with Gasteiger partial charge >= 0.3 is 0 Å². The molecule has 6 heteroatoms. The van der Waals surface area contributed by atoms with E-state index in [0.29, 0.717) is 5.71 Å². The molecule has 0 saturated heterocycles. The number of rotatable bonds is 6. The molecule has 0 fully saturated rings. The van der Waals surface area contributed by atoms with Gasteiger partial charge in [0.05, 0.1) is 5.71 Å². The molecule has 2 rings (SSSR count). The number of aromatic nitrogens is 2. The van der Waals surface area contributed by atoms with Crippen LogP contribution in [0.1, 0.15) is 30.7 Å². The van der Waals surface area contributed by atoms with Gasteiger partial charge in [-0.3, -0.25) is 9.48 Å². The number of amides is 1. The number of carbonyl (C=O) groups is 1. The molecule has 0 unspecified atom stereocenters. The quantitative estimate of drug-likeness (QED) is 0.656. The number of benzene rings is 1. The zero-order valence-corrected chi connectivity index (χ0v) is 14.0. The first kappa shape index (κ1) is 16.7. The third-order valence-corrected chi connectivity index (χ3v) is 3.42. The Labute approximate surface area is 136 Å². The van der Waals surface area contributed by atoms with Crippen molar-refractivity contribution < 1.29 is 9.53 Å². The highest BCUT2D eigenvalue weighted by Crippen LogP contribution is 2.17. The van der Waals surface area contributed by atoms with Crippen molar-refractivity contribution >= 4 is 11.6 Å². The van der Waals surface area contributed by atoms with Gasteiger partial charge in [-0.05, 0) is 37.5 Å². The predicted molar refractivity (Wildman–Crippen MR) is 89.6 cm³/mol. The molecule has 0 radical (unpaired) electrons. The number of nitrogens with one attached hydrogen (secondary N) is 1. The molecule has 0 aliphatic carbocycles. The zero-order chi connectivity index (χ0) is 16.8. The lowest BCUT2D eigenvalue weighted by Crippen LogP contribution is -2.26. The third kappa shape index (κ3) is 4.42. The Balaban J connectivity index is 1.92. The SMILES string of the molecule is CCc1ccccc1OCC(=O)N/N=C(/C)c1nn(C)cc1C. The summed E-state index contributed by atoms with van der Waals surface area (Å²) >= 11 is 0. The summed E-state index contributed by atoms with van der Waals surface area (Å²) in [5.74, 6) is 0.426. The number of para-hydroxylation sites is 1. The number of hydrazone groups is 1.